The molecule has 0 aromatic carbocycles. The zero-order valence-electron chi connectivity index (χ0n) is 13.9. The van der Waals surface area contributed by atoms with Gasteiger partial charge in [-0.3, -0.25) is 9.59 Å². The van der Waals surface area contributed by atoms with Gasteiger partial charge in [0.1, 0.15) is 5.69 Å². The van der Waals surface area contributed by atoms with E-state index < -0.39 is 12.1 Å². The van der Waals surface area contributed by atoms with E-state index in [0.29, 0.717) is 18.8 Å². The number of imidazole rings is 1. The summed E-state index contributed by atoms with van der Waals surface area (Å²) in [7, 11) is 0. The molecule has 1 aliphatic rings. The third kappa shape index (κ3) is 5.64. The van der Waals surface area contributed by atoms with Gasteiger partial charge >= 0.3 is 12.1 Å². The van der Waals surface area contributed by atoms with Gasteiger partial charge in [-0.25, -0.2) is 9.78 Å². The van der Waals surface area contributed by atoms with Gasteiger partial charge in [0, 0.05) is 19.0 Å². The number of hydrogen-bond donors (Lipinski definition) is 2. The number of rotatable bonds is 3. The Kier molecular flexibility index (Phi) is 6.72. The highest BCUT2D eigenvalue weighted by atomic mass is 32.1. The molecule has 1 unspecified atom stereocenters. The average Bonchev–Trinajstić information content (AvgIpc) is 3.34. The summed E-state index contributed by atoms with van der Waals surface area (Å²) in [5.74, 6) is -2.77. The van der Waals surface area contributed by atoms with Crippen molar-refractivity contribution in [2.45, 2.75) is 19.0 Å². The minimum atomic E-state index is -5.08. The molecule has 0 radical (unpaired) electrons. The molecular formula is C16H16F3N3O4S. The zero-order valence-corrected chi connectivity index (χ0v) is 14.7. The van der Waals surface area contributed by atoms with Gasteiger partial charge in [0.05, 0.1) is 17.4 Å². The number of ketones is 1. The SMILES string of the molecule is O=C(O)C(F)(F)F.O=C(c1cccs1)C1CCCN(C(=O)c2cnc[nH]2)C1. The van der Waals surface area contributed by atoms with Crippen molar-refractivity contribution < 1.29 is 32.7 Å². The second-order valence-electron chi connectivity index (χ2n) is 5.70. The number of nitrogens with one attached hydrogen (secondary N) is 1. The molecule has 1 saturated heterocycles. The lowest BCUT2D eigenvalue weighted by Gasteiger charge is -2.31. The summed E-state index contributed by atoms with van der Waals surface area (Å²) in [4.78, 5) is 42.7. The van der Waals surface area contributed by atoms with Gasteiger partial charge in [0.2, 0.25) is 0 Å². The minimum Gasteiger partial charge on any atom is -0.475 e. The Bertz CT molecular complexity index is 723. The van der Waals surface area contributed by atoms with Crippen molar-refractivity contribution in [2.75, 3.05) is 13.1 Å². The zero-order chi connectivity index (χ0) is 20.0. The number of nitrogens with zero attached hydrogens (tertiary/aromatic N) is 2. The number of halogens is 3. The molecular weight excluding hydrogens is 387 g/mol. The maximum absolute atomic E-state index is 12.4. The lowest BCUT2D eigenvalue weighted by atomic mass is 9.93. The fraction of sp³-hybridized carbons (Fsp3) is 0.375. The Hall–Kier alpha value is -2.69. The van der Waals surface area contributed by atoms with E-state index in [2.05, 4.69) is 9.97 Å². The number of hydrogen-bond acceptors (Lipinski definition) is 5. The van der Waals surface area contributed by atoms with Gasteiger partial charge < -0.3 is 15.0 Å². The number of piperidine rings is 1. The summed E-state index contributed by atoms with van der Waals surface area (Å²) >= 11 is 1.46. The van der Waals surface area contributed by atoms with E-state index in [4.69, 9.17) is 9.90 Å². The number of likely N-dealkylation sites (tertiary alicyclic amines) is 1. The van der Waals surface area contributed by atoms with E-state index in [-0.39, 0.29) is 17.6 Å². The van der Waals surface area contributed by atoms with Crippen molar-refractivity contribution in [1.29, 1.82) is 0 Å². The number of H-pyrrole nitrogens is 1. The monoisotopic (exact) mass is 403 g/mol. The van der Waals surface area contributed by atoms with Crippen LogP contribution >= 0.6 is 11.3 Å². The van der Waals surface area contributed by atoms with Gasteiger partial charge in [-0.2, -0.15) is 13.2 Å². The molecule has 3 rings (SSSR count). The van der Waals surface area contributed by atoms with Crippen LogP contribution in [0.1, 0.15) is 33.0 Å². The Morgan fingerprint density at radius 1 is 1.33 bits per heavy atom. The number of alkyl halides is 3. The lowest BCUT2D eigenvalue weighted by Crippen LogP contribution is -2.42. The first kappa shape index (κ1) is 20.6. The average molecular weight is 403 g/mol. The fourth-order valence-electron chi connectivity index (χ4n) is 2.54. The molecule has 2 aromatic heterocycles. The number of carboxylic acid groups (broad SMARTS) is 1. The normalized spacial score (nSPS) is 17.0. The van der Waals surface area contributed by atoms with Crippen molar-refractivity contribution in [3.05, 3.63) is 40.6 Å². The van der Waals surface area contributed by atoms with Crippen LogP contribution in [0.5, 0.6) is 0 Å². The number of thiophene rings is 1. The molecule has 27 heavy (non-hydrogen) atoms. The van der Waals surface area contributed by atoms with Gasteiger partial charge in [0.15, 0.2) is 5.78 Å². The summed E-state index contributed by atoms with van der Waals surface area (Å²) in [6, 6.07) is 3.73. The number of carbonyl (C=O) groups excluding carboxylic acids is 2. The highest BCUT2D eigenvalue weighted by molar-refractivity contribution is 7.12. The molecule has 1 aliphatic heterocycles. The lowest BCUT2D eigenvalue weighted by molar-refractivity contribution is -0.192. The number of aromatic nitrogens is 2. The van der Waals surface area contributed by atoms with Crippen molar-refractivity contribution in [3.8, 4) is 0 Å². The smallest absolute Gasteiger partial charge is 0.475 e. The number of aliphatic carboxylic acids is 1. The molecule has 2 aromatic rings. The minimum absolute atomic E-state index is 0.0776. The van der Waals surface area contributed by atoms with Crippen molar-refractivity contribution >= 4 is 29.0 Å². The first-order valence-corrected chi connectivity index (χ1v) is 8.73. The van der Waals surface area contributed by atoms with Crippen LogP contribution in [-0.4, -0.2) is 56.9 Å². The predicted molar refractivity (Wildman–Crippen MR) is 89.6 cm³/mol. The van der Waals surface area contributed by atoms with Crippen LogP contribution in [0.25, 0.3) is 0 Å². The largest absolute Gasteiger partial charge is 0.490 e. The summed E-state index contributed by atoms with van der Waals surface area (Å²) in [6.07, 6.45) is -0.357. The van der Waals surface area contributed by atoms with Gasteiger partial charge in [-0.15, -0.1) is 11.3 Å². The van der Waals surface area contributed by atoms with Crippen LogP contribution in [0.2, 0.25) is 0 Å². The first-order valence-electron chi connectivity index (χ1n) is 7.85. The van der Waals surface area contributed by atoms with Gasteiger partial charge in [-0.05, 0) is 24.3 Å². The molecule has 146 valence electrons. The standard InChI is InChI=1S/C14H15N3O2S.C2HF3O2/c18-13(12-4-2-6-20-12)10-3-1-5-17(8-10)14(19)11-7-15-9-16-11;3-2(4,5)1(6)7/h2,4,6-7,9-10H,1,3,5,8H2,(H,15,16);(H,6,7). The highest BCUT2D eigenvalue weighted by Gasteiger charge is 2.38. The van der Waals surface area contributed by atoms with Gasteiger partial charge in [-0.1, -0.05) is 6.07 Å². The summed E-state index contributed by atoms with van der Waals surface area (Å²) in [5.41, 5.74) is 0.481. The Morgan fingerprint density at radius 3 is 2.56 bits per heavy atom. The summed E-state index contributed by atoms with van der Waals surface area (Å²) < 4.78 is 31.7. The first-order chi connectivity index (χ1) is 12.7. The Morgan fingerprint density at radius 2 is 2.04 bits per heavy atom. The molecule has 2 N–H and O–H groups in total. The quantitative estimate of drug-likeness (QED) is 0.767. The topological polar surface area (TPSA) is 103 Å². The maximum atomic E-state index is 12.4. The van der Waals surface area contributed by atoms with Crippen LogP contribution < -0.4 is 0 Å². The van der Waals surface area contributed by atoms with Crippen molar-refractivity contribution in [2.24, 2.45) is 5.92 Å². The van der Waals surface area contributed by atoms with E-state index in [0.717, 1.165) is 17.7 Å². The van der Waals surface area contributed by atoms with Crippen molar-refractivity contribution in [1.82, 2.24) is 14.9 Å². The number of amides is 1. The molecule has 0 saturated carbocycles. The molecule has 7 nitrogen and oxygen atoms in total. The maximum Gasteiger partial charge on any atom is 0.490 e. The van der Waals surface area contributed by atoms with Crippen LogP contribution in [0.4, 0.5) is 13.2 Å². The van der Waals surface area contributed by atoms with E-state index in [1.165, 1.54) is 23.9 Å². The Labute approximate surface area is 155 Å². The fourth-order valence-corrected chi connectivity index (χ4v) is 3.28. The van der Waals surface area contributed by atoms with Crippen LogP contribution in [-0.2, 0) is 4.79 Å². The number of aromatic amines is 1. The summed E-state index contributed by atoms with van der Waals surface area (Å²) in [6.45, 7) is 1.20. The van der Waals surface area contributed by atoms with E-state index in [1.807, 2.05) is 17.5 Å². The number of carbonyl (C=O) groups is 3. The van der Waals surface area contributed by atoms with Crippen LogP contribution in [0.3, 0.4) is 0 Å². The molecule has 0 spiro atoms. The molecule has 1 atom stereocenters. The molecule has 0 bridgehead atoms. The van der Waals surface area contributed by atoms with Crippen LogP contribution in [0.15, 0.2) is 30.0 Å². The third-order valence-electron chi connectivity index (χ3n) is 3.81. The van der Waals surface area contributed by atoms with E-state index in [9.17, 15) is 22.8 Å². The number of carboxylic acids is 1. The van der Waals surface area contributed by atoms with Crippen molar-refractivity contribution in [3.63, 3.8) is 0 Å². The highest BCUT2D eigenvalue weighted by Crippen LogP contribution is 2.24. The van der Waals surface area contributed by atoms with Gasteiger partial charge in [0.25, 0.3) is 5.91 Å². The number of Topliss-reactive ketones (excluding diaryl/α,β-unsaturated/α-hetero) is 1. The van der Waals surface area contributed by atoms with E-state index in [1.54, 1.807) is 4.90 Å². The molecule has 1 fully saturated rings. The summed E-state index contributed by atoms with van der Waals surface area (Å²) in [5, 5.41) is 9.03. The van der Waals surface area contributed by atoms with E-state index >= 15 is 0 Å². The van der Waals surface area contributed by atoms with Crippen LogP contribution in [0, 0.1) is 5.92 Å². The third-order valence-corrected chi connectivity index (χ3v) is 4.70. The molecule has 11 heteroatoms. The molecule has 0 aliphatic carbocycles. The Balaban J connectivity index is 0.000000321. The second-order valence-corrected chi connectivity index (χ2v) is 6.65. The predicted octanol–water partition coefficient (Wildman–Crippen LogP) is 2.84. The molecule has 3 heterocycles. The second kappa shape index (κ2) is 8.80. The molecule has 1 amide bonds.